The molecular formula is C24H31ClN2O2. The molecule has 2 amide bonds. The SMILES string of the molecule is CC[C@H](C(=O)NCC(C)C)N(Cc1ccccc1)C(=O)CCc1ccccc1Cl. The molecule has 0 aliphatic carbocycles. The average Bonchev–Trinajstić information content (AvgIpc) is 2.72. The quantitative estimate of drug-likeness (QED) is 0.604. The lowest BCUT2D eigenvalue weighted by molar-refractivity contribution is -0.141. The molecule has 4 nitrogen and oxygen atoms in total. The van der Waals surface area contributed by atoms with Gasteiger partial charge in [-0.3, -0.25) is 9.59 Å². The van der Waals surface area contributed by atoms with E-state index in [0.29, 0.717) is 43.3 Å². The van der Waals surface area contributed by atoms with E-state index in [2.05, 4.69) is 19.2 Å². The second-order valence-electron chi connectivity index (χ2n) is 7.66. The molecule has 0 bridgehead atoms. The molecular weight excluding hydrogens is 384 g/mol. The van der Waals surface area contributed by atoms with Crippen LogP contribution in [-0.2, 0) is 22.6 Å². The van der Waals surface area contributed by atoms with E-state index in [-0.39, 0.29) is 11.8 Å². The van der Waals surface area contributed by atoms with Crippen LogP contribution >= 0.6 is 11.6 Å². The summed E-state index contributed by atoms with van der Waals surface area (Å²) in [4.78, 5) is 27.7. The number of carbonyl (C=O) groups is 2. The molecule has 0 aromatic heterocycles. The molecule has 0 aliphatic heterocycles. The summed E-state index contributed by atoms with van der Waals surface area (Å²) in [5, 5.41) is 3.65. The normalized spacial score (nSPS) is 11.9. The van der Waals surface area contributed by atoms with Crippen LogP contribution in [0.5, 0.6) is 0 Å². The van der Waals surface area contributed by atoms with Gasteiger partial charge in [0.1, 0.15) is 6.04 Å². The van der Waals surface area contributed by atoms with Crippen molar-refractivity contribution in [3.05, 3.63) is 70.7 Å². The Bertz CT molecular complexity index is 792. The van der Waals surface area contributed by atoms with E-state index in [4.69, 9.17) is 11.6 Å². The molecule has 0 unspecified atom stereocenters. The standard InChI is InChI=1S/C24H31ClN2O2/c1-4-22(24(29)26-16-18(2)3)27(17-19-10-6-5-7-11-19)23(28)15-14-20-12-8-9-13-21(20)25/h5-13,18,22H,4,14-17H2,1-3H3,(H,26,29)/t22-/m1/s1. The highest BCUT2D eigenvalue weighted by Crippen LogP contribution is 2.19. The van der Waals surface area contributed by atoms with E-state index in [9.17, 15) is 9.59 Å². The first kappa shape index (κ1) is 23.0. The zero-order valence-corrected chi connectivity index (χ0v) is 18.3. The van der Waals surface area contributed by atoms with Gasteiger partial charge in [0.15, 0.2) is 0 Å². The maximum atomic E-state index is 13.2. The minimum absolute atomic E-state index is 0.0414. The van der Waals surface area contributed by atoms with Gasteiger partial charge in [-0.05, 0) is 36.0 Å². The maximum absolute atomic E-state index is 13.2. The molecule has 0 fully saturated rings. The topological polar surface area (TPSA) is 49.4 Å². The summed E-state index contributed by atoms with van der Waals surface area (Å²) < 4.78 is 0. The van der Waals surface area contributed by atoms with Crippen molar-refractivity contribution in [2.75, 3.05) is 6.54 Å². The van der Waals surface area contributed by atoms with Gasteiger partial charge in [-0.25, -0.2) is 0 Å². The second-order valence-corrected chi connectivity index (χ2v) is 8.07. The molecule has 0 saturated carbocycles. The fraction of sp³-hybridized carbons (Fsp3) is 0.417. The number of nitrogens with one attached hydrogen (secondary N) is 1. The van der Waals surface area contributed by atoms with Crippen molar-refractivity contribution in [1.82, 2.24) is 10.2 Å². The van der Waals surface area contributed by atoms with E-state index < -0.39 is 6.04 Å². The number of hydrogen-bond donors (Lipinski definition) is 1. The number of rotatable bonds is 10. The Balaban J connectivity index is 2.17. The Morgan fingerprint density at radius 1 is 1.03 bits per heavy atom. The predicted octanol–water partition coefficient (Wildman–Crippen LogP) is 4.85. The highest BCUT2D eigenvalue weighted by atomic mass is 35.5. The molecule has 2 aromatic carbocycles. The molecule has 0 heterocycles. The Hall–Kier alpha value is -2.33. The van der Waals surface area contributed by atoms with Crippen LogP contribution in [0.1, 0.15) is 44.7 Å². The highest BCUT2D eigenvalue weighted by molar-refractivity contribution is 6.31. The van der Waals surface area contributed by atoms with Crippen LogP contribution < -0.4 is 5.32 Å². The molecule has 29 heavy (non-hydrogen) atoms. The van der Waals surface area contributed by atoms with Gasteiger partial charge in [-0.2, -0.15) is 0 Å². The fourth-order valence-corrected chi connectivity index (χ4v) is 3.44. The first-order valence-electron chi connectivity index (χ1n) is 10.3. The third kappa shape index (κ3) is 7.21. The van der Waals surface area contributed by atoms with E-state index in [0.717, 1.165) is 11.1 Å². The average molecular weight is 415 g/mol. The summed E-state index contributed by atoms with van der Waals surface area (Å²) in [6, 6.07) is 16.9. The van der Waals surface area contributed by atoms with E-state index >= 15 is 0 Å². The van der Waals surface area contributed by atoms with Crippen molar-refractivity contribution in [2.24, 2.45) is 5.92 Å². The van der Waals surface area contributed by atoms with Crippen molar-refractivity contribution in [1.29, 1.82) is 0 Å². The van der Waals surface area contributed by atoms with Crippen LogP contribution in [0.2, 0.25) is 5.02 Å². The van der Waals surface area contributed by atoms with Crippen LogP contribution in [-0.4, -0.2) is 29.3 Å². The highest BCUT2D eigenvalue weighted by Gasteiger charge is 2.28. The number of aryl methyl sites for hydroxylation is 1. The summed E-state index contributed by atoms with van der Waals surface area (Å²) in [7, 11) is 0. The van der Waals surface area contributed by atoms with E-state index in [1.54, 1.807) is 4.90 Å². The summed E-state index contributed by atoms with van der Waals surface area (Å²) in [5.74, 6) is 0.221. The minimum atomic E-state index is -0.493. The number of carbonyl (C=O) groups excluding carboxylic acids is 2. The molecule has 1 atom stereocenters. The molecule has 0 aliphatic rings. The van der Waals surface area contributed by atoms with E-state index in [1.807, 2.05) is 61.5 Å². The van der Waals surface area contributed by atoms with Crippen molar-refractivity contribution < 1.29 is 9.59 Å². The second kappa shape index (κ2) is 11.6. The molecule has 0 saturated heterocycles. The third-order valence-electron chi connectivity index (χ3n) is 4.83. The maximum Gasteiger partial charge on any atom is 0.242 e. The predicted molar refractivity (Wildman–Crippen MR) is 119 cm³/mol. The number of nitrogens with zero attached hydrogens (tertiary/aromatic N) is 1. The lowest BCUT2D eigenvalue weighted by Gasteiger charge is -2.31. The Kier molecular flexibility index (Phi) is 9.20. The molecule has 5 heteroatoms. The van der Waals surface area contributed by atoms with Gasteiger partial charge in [0.25, 0.3) is 0 Å². The number of halogens is 1. The number of benzene rings is 2. The Morgan fingerprint density at radius 3 is 2.31 bits per heavy atom. The third-order valence-corrected chi connectivity index (χ3v) is 5.20. The zero-order chi connectivity index (χ0) is 21.2. The minimum Gasteiger partial charge on any atom is -0.354 e. The zero-order valence-electron chi connectivity index (χ0n) is 17.5. The van der Waals surface area contributed by atoms with Gasteiger partial charge >= 0.3 is 0 Å². The molecule has 156 valence electrons. The van der Waals surface area contributed by atoms with Crippen LogP contribution in [0.3, 0.4) is 0 Å². The Morgan fingerprint density at radius 2 is 1.69 bits per heavy atom. The molecule has 2 aromatic rings. The molecule has 2 rings (SSSR count). The molecule has 0 radical (unpaired) electrons. The van der Waals surface area contributed by atoms with Gasteiger partial charge in [0.2, 0.25) is 11.8 Å². The summed E-state index contributed by atoms with van der Waals surface area (Å²) >= 11 is 6.24. The molecule has 1 N–H and O–H groups in total. The van der Waals surface area contributed by atoms with Gasteiger partial charge < -0.3 is 10.2 Å². The smallest absolute Gasteiger partial charge is 0.242 e. The monoisotopic (exact) mass is 414 g/mol. The van der Waals surface area contributed by atoms with Gasteiger partial charge in [0.05, 0.1) is 0 Å². The largest absolute Gasteiger partial charge is 0.354 e. The van der Waals surface area contributed by atoms with E-state index in [1.165, 1.54) is 0 Å². The Labute approximate surface area is 179 Å². The lowest BCUT2D eigenvalue weighted by atomic mass is 10.1. The molecule has 0 spiro atoms. The number of hydrogen-bond acceptors (Lipinski definition) is 2. The summed E-state index contributed by atoms with van der Waals surface area (Å²) in [6.07, 6.45) is 1.42. The first-order valence-corrected chi connectivity index (χ1v) is 10.6. The fourth-order valence-electron chi connectivity index (χ4n) is 3.21. The summed E-state index contributed by atoms with van der Waals surface area (Å²) in [5.41, 5.74) is 1.95. The van der Waals surface area contributed by atoms with Gasteiger partial charge in [0, 0.05) is 24.5 Å². The number of amides is 2. The van der Waals surface area contributed by atoms with Crippen molar-refractivity contribution in [3.63, 3.8) is 0 Å². The first-order chi connectivity index (χ1) is 13.9. The van der Waals surface area contributed by atoms with Crippen molar-refractivity contribution in [3.8, 4) is 0 Å². The van der Waals surface area contributed by atoms with Gasteiger partial charge in [-0.15, -0.1) is 0 Å². The van der Waals surface area contributed by atoms with Crippen molar-refractivity contribution in [2.45, 2.75) is 52.6 Å². The van der Waals surface area contributed by atoms with Crippen LogP contribution in [0.15, 0.2) is 54.6 Å². The van der Waals surface area contributed by atoms with Crippen LogP contribution in [0.25, 0.3) is 0 Å². The van der Waals surface area contributed by atoms with Crippen molar-refractivity contribution >= 4 is 23.4 Å². The van der Waals surface area contributed by atoms with Crippen LogP contribution in [0.4, 0.5) is 0 Å². The van der Waals surface area contributed by atoms with Gasteiger partial charge in [-0.1, -0.05) is 80.9 Å². The van der Waals surface area contributed by atoms with Crippen LogP contribution in [0, 0.1) is 5.92 Å². The summed E-state index contributed by atoms with van der Waals surface area (Å²) in [6.45, 7) is 7.06. The lowest BCUT2D eigenvalue weighted by Crippen LogP contribution is -2.49.